The van der Waals surface area contributed by atoms with Gasteiger partial charge in [-0.05, 0) is 56.1 Å². The minimum absolute atomic E-state index is 0.734. The van der Waals surface area contributed by atoms with Crippen LogP contribution in [0.3, 0.4) is 0 Å². The van der Waals surface area contributed by atoms with Gasteiger partial charge in [-0.15, -0.1) is 0 Å². The van der Waals surface area contributed by atoms with Crippen molar-refractivity contribution in [3.8, 4) is 0 Å². The van der Waals surface area contributed by atoms with Gasteiger partial charge in [0.25, 0.3) is 0 Å². The maximum absolute atomic E-state index is 4.16. The summed E-state index contributed by atoms with van der Waals surface area (Å²) in [6, 6.07) is 2.15. The summed E-state index contributed by atoms with van der Waals surface area (Å²) in [4.78, 5) is 6.74. The minimum Gasteiger partial charge on any atom is -0.316 e. The quantitative estimate of drug-likeness (QED) is 0.844. The van der Waals surface area contributed by atoms with E-state index in [4.69, 9.17) is 0 Å². The summed E-state index contributed by atoms with van der Waals surface area (Å²) in [6.07, 6.45) is 5.11. The zero-order chi connectivity index (χ0) is 12.1. The van der Waals surface area contributed by atoms with Gasteiger partial charge in [0, 0.05) is 25.5 Å². The largest absolute Gasteiger partial charge is 0.316 e. The second-order valence-corrected chi connectivity index (χ2v) is 5.20. The zero-order valence-corrected chi connectivity index (χ0v) is 10.9. The van der Waals surface area contributed by atoms with Crippen molar-refractivity contribution in [3.63, 3.8) is 0 Å². The number of pyridine rings is 1. The molecule has 3 nitrogen and oxygen atoms in total. The number of aromatic nitrogens is 1. The summed E-state index contributed by atoms with van der Waals surface area (Å²) in [7, 11) is 0. The average molecular weight is 233 g/mol. The molecule has 1 aromatic rings. The molecule has 1 aliphatic heterocycles. The Morgan fingerprint density at radius 2 is 2.41 bits per heavy atom. The Morgan fingerprint density at radius 1 is 1.53 bits per heavy atom. The van der Waals surface area contributed by atoms with Crippen molar-refractivity contribution in [2.45, 2.75) is 26.8 Å². The highest BCUT2D eigenvalue weighted by atomic mass is 15.1. The Balaban J connectivity index is 1.98. The smallest absolute Gasteiger partial charge is 0.0300 e. The molecule has 0 amide bonds. The van der Waals surface area contributed by atoms with Crippen LogP contribution < -0.4 is 5.32 Å². The first-order valence-electron chi connectivity index (χ1n) is 6.58. The van der Waals surface area contributed by atoms with Crippen LogP contribution in [0.5, 0.6) is 0 Å². The van der Waals surface area contributed by atoms with E-state index < -0.39 is 0 Å². The molecule has 1 atom stereocenters. The summed E-state index contributed by atoms with van der Waals surface area (Å²) < 4.78 is 0. The molecule has 0 saturated carbocycles. The lowest BCUT2D eigenvalue weighted by Crippen LogP contribution is -2.38. The predicted octanol–water partition coefficient (Wildman–Crippen LogP) is 1.82. The summed E-state index contributed by atoms with van der Waals surface area (Å²) in [5.41, 5.74) is 2.72. The van der Waals surface area contributed by atoms with Crippen molar-refractivity contribution in [3.05, 3.63) is 29.6 Å². The Bertz CT molecular complexity index is 351. The Morgan fingerprint density at radius 3 is 3.24 bits per heavy atom. The van der Waals surface area contributed by atoms with Crippen molar-refractivity contribution in [1.82, 2.24) is 15.2 Å². The van der Waals surface area contributed by atoms with Crippen LogP contribution in [0, 0.1) is 12.8 Å². The van der Waals surface area contributed by atoms with Gasteiger partial charge >= 0.3 is 0 Å². The standard InChI is InChI=1S/C14H23N3/c1-12-8-15-5-3-7-17(10-12)11-14-4-6-16-9-13(14)2/h4,6,9,12,15H,3,5,7-8,10-11H2,1-2H3. The predicted molar refractivity (Wildman–Crippen MR) is 70.9 cm³/mol. The average Bonchev–Trinajstić information content (AvgIpc) is 2.28. The van der Waals surface area contributed by atoms with E-state index in [0.717, 1.165) is 25.6 Å². The van der Waals surface area contributed by atoms with E-state index in [9.17, 15) is 0 Å². The maximum Gasteiger partial charge on any atom is 0.0300 e. The zero-order valence-electron chi connectivity index (χ0n) is 10.9. The molecule has 1 fully saturated rings. The molecule has 1 unspecified atom stereocenters. The van der Waals surface area contributed by atoms with Crippen LogP contribution in [-0.4, -0.2) is 36.1 Å². The molecule has 1 N–H and O–H groups in total. The molecule has 1 aromatic heterocycles. The normalized spacial score (nSPS) is 23.1. The van der Waals surface area contributed by atoms with Crippen molar-refractivity contribution in [1.29, 1.82) is 0 Å². The molecular weight excluding hydrogens is 210 g/mol. The van der Waals surface area contributed by atoms with Gasteiger partial charge in [-0.2, -0.15) is 0 Å². The van der Waals surface area contributed by atoms with Crippen molar-refractivity contribution in [2.75, 3.05) is 26.2 Å². The van der Waals surface area contributed by atoms with Crippen molar-refractivity contribution >= 4 is 0 Å². The van der Waals surface area contributed by atoms with Crippen molar-refractivity contribution in [2.24, 2.45) is 5.92 Å². The number of nitrogens with one attached hydrogen (secondary N) is 1. The second-order valence-electron chi connectivity index (χ2n) is 5.20. The summed E-state index contributed by atoms with van der Waals surface area (Å²) in [5.74, 6) is 0.734. The van der Waals surface area contributed by atoms with E-state index in [1.54, 1.807) is 0 Å². The highest BCUT2D eigenvalue weighted by Crippen LogP contribution is 2.12. The fourth-order valence-corrected chi connectivity index (χ4v) is 2.44. The highest BCUT2D eigenvalue weighted by Gasteiger charge is 2.13. The molecular formula is C14H23N3. The molecule has 0 spiro atoms. The Hall–Kier alpha value is -0.930. The molecule has 0 bridgehead atoms. The summed E-state index contributed by atoms with van der Waals surface area (Å²) in [6.45, 7) is 10.2. The number of hydrogen-bond donors (Lipinski definition) is 1. The lowest BCUT2D eigenvalue weighted by atomic mass is 10.1. The van der Waals surface area contributed by atoms with Gasteiger partial charge in [0.2, 0.25) is 0 Å². The van der Waals surface area contributed by atoms with Gasteiger partial charge in [0.15, 0.2) is 0 Å². The molecule has 3 heteroatoms. The number of nitrogens with zero attached hydrogens (tertiary/aromatic N) is 2. The molecule has 1 aliphatic rings. The van der Waals surface area contributed by atoms with Crippen LogP contribution >= 0.6 is 0 Å². The van der Waals surface area contributed by atoms with Crippen LogP contribution in [0.25, 0.3) is 0 Å². The first-order chi connectivity index (χ1) is 8.25. The van der Waals surface area contributed by atoms with E-state index >= 15 is 0 Å². The topological polar surface area (TPSA) is 28.2 Å². The van der Waals surface area contributed by atoms with Crippen molar-refractivity contribution < 1.29 is 0 Å². The monoisotopic (exact) mass is 233 g/mol. The van der Waals surface area contributed by atoms with Gasteiger partial charge in [0.1, 0.15) is 0 Å². The van der Waals surface area contributed by atoms with Crippen LogP contribution in [-0.2, 0) is 6.54 Å². The molecule has 2 rings (SSSR count). The molecule has 2 heterocycles. The van der Waals surface area contributed by atoms with E-state index in [2.05, 4.69) is 35.1 Å². The van der Waals surface area contributed by atoms with E-state index in [1.807, 2.05) is 12.4 Å². The molecule has 94 valence electrons. The van der Waals surface area contributed by atoms with Gasteiger partial charge in [-0.1, -0.05) is 6.92 Å². The lowest BCUT2D eigenvalue weighted by Gasteiger charge is -2.29. The molecule has 0 radical (unpaired) electrons. The highest BCUT2D eigenvalue weighted by molar-refractivity contribution is 5.21. The summed E-state index contributed by atoms with van der Waals surface area (Å²) >= 11 is 0. The number of hydrogen-bond acceptors (Lipinski definition) is 3. The van der Waals surface area contributed by atoms with E-state index in [1.165, 1.54) is 30.6 Å². The molecule has 17 heavy (non-hydrogen) atoms. The van der Waals surface area contributed by atoms with Gasteiger partial charge < -0.3 is 5.32 Å². The van der Waals surface area contributed by atoms with Crippen LogP contribution in [0.4, 0.5) is 0 Å². The van der Waals surface area contributed by atoms with Gasteiger partial charge in [-0.3, -0.25) is 9.88 Å². The van der Waals surface area contributed by atoms with E-state index in [0.29, 0.717) is 0 Å². The van der Waals surface area contributed by atoms with Crippen LogP contribution in [0.2, 0.25) is 0 Å². The van der Waals surface area contributed by atoms with Crippen LogP contribution in [0.15, 0.2) is 18.5 Å². The Labute approximate surface area is 104 Å². The molecule has 0 aliphatic carbocycles. The number of rotatable bonds is 2. The van der Waals surface area contributed by atoms with E-state index in [-0.39, 0.29) is 0 Å². The number of aryl methyl sites for hydroxylation is 1. The molecule has 0 aromatic carbocycles. The van der Waals surface area contributed by atoms with Gasteiger partial charge in [0.05, 0.1) is 0 Å². The van der Waals surface area contributed by atoms with Gasteiger partial charge in [-0.25, -0.2) is 0 Å². The fraction of sp³-hybridized carbons (Fsp3) is 0.643. The third kappa shape index (κ3) is 3.79. The first-order valence-corrected chi connectivity index (χ1v) is 6.58. The Kier molecular flexibility index (Phi) is 4.51. The van der Waals surface area contributed by atoms with Crippen LogP contribution in [0.1, 0.15) is 24.5 Å². The second kappa shape index (κ2) is 6.12. The third-order valence-electron chi connectivity index (χ3n) is 3.42. The summed E-state index contributed by atoms with van der Waals surface area (Å²) in [5, 5.41) is 3.50. The lowest BCUT2D eigenvalue weighted by molar-refractivity contribution is 0.208. The minimum atomic E-state index is 0.734. The third-order valence-corrected chi connectivity index (χ3v) is 3.42. The molecule has 1 saturated heterocycles. The maximum atomic E-state index is 4.16. The fourth-order valence-electron chi connectivity index (χ4n) is 2.44. The first kappa shape index (κ1) is 12.5. The SMILES string of the molecule is Cc1cnccc1CN1CCCNCC(C)C1.